The summed E-state index contributed by atoms with van der Waals surface area (Å²) in [6.45, 7) is 1.81. The lowest BCUT2D eigenvalue weighted by Gasteiger charge is -2.12. The maximum absolute atomic E-state index is 12.6. The summed E-state index contributed by atoms with van der Waals surface area (Å²) in [5.41, 5.74) is 1.37. The molecule has 0 aliphatic heterocycles. The summed E-state index contributed by atoms with van der Waals surface area (Å²) in [6, 6.07) is 12.8. The van der Waals surface area contributed by atoms with Crippen molar-refractivity contribution in [3.05, 3.63) is 69.9 Å². The van der Waals surface area contributed by atoms with Crippen molar-refractivity contribution in [2.45, 2.75) is 19.9 Å². The number of hydrogen-bond donors (Lipinski definition) is 1. The first kappa shape index (κ1) is 21.1. The summed E-state index contributed by atoms with van der Waals surface area (Å²) in [5, 5.41) is 7.27. The minimum atomic E-state index is -0.610. The fraction of sp³-hybridized carbons (Fsp3) is 0.217. The maximum atomic E-state index is 12.6. The van der Waals surface area contributed by atoms with Crippen LogP contribution in [0.25, 0.3) is 22.4 Å². The number of amides is 1. The molecule has 1 amide bonds. The molecule has 2 aromatic carbocycles. The van der Waals surface area contributed by atoms with Crippen molar-refractivity contribution in [3.63, 3.8) is 0 Å². The summed E-state index contributed by atoms with van der Waals surface area (Å²) < 4.78 is 21.3. The van der Waals surface area contributed by atoms with Crippen LogP contribution in [0, 0.1) is 6.92 Å². The van der Waals surface area contributed by atoms with Gasteiger partial charge in [-0.3, -0.25) is 4.79 Å². The summed E-state index contributed by atoms with van der Waals surface area (Å²) >= 11 is 0. The number of ether oxygens (including phenoxy) is 2. The summed E-state index contributed by atoms with van der Waals surface area (Å²) in [4.78, 5) is 29.4. The van der Waals surface area contributed by atoms with Gasteiger partial charge in [0.05, 0.1) is 32.7 Å². The van der Waals surface area contributed by atoms with Crippen LogP contribution < -0.4 is 20.4 Å². The van der Waals surface area contributed by atoms with Gasteiger partial charge in [-0.2, -0.15) is 4.98 Å². The average Bonchev–Trinajstić information content (AvgIpc) is 3.29. The number of benzene rings is 2. The number of carbonyl (C=O) groups excluding carboxylic acids is 1. The molecule has 0 fully saturated rings. The van der Waals surface area contributed by atoms with E-state index in [2.05, 4.69) is 15.5 Å². The van der Waals surface area contributed by atoms with E-state index in [1.54, 1.807) is 19.1 Å². The summed E-state index contributed by atoms with van der Waals surface area (Å²) in [7, 11) is 2.97. The average molecular weight is 435 g/mol. The van der Waals surface area contributed by atoms with E-state index in [-0.39, 0.29) is 35.9 Å². The first-order valence-electron chi connectivity index (χ1n) is 9.83. The summed E-state index contributed by atoms with van der Waals surface area (Å²) in [5.74, 6) is 1.09. The number of methoxy groups -OCH3 is 2. The second kappa shape index (κ2) is 8.93. The van der Waals surface area contributed by atoms with Crippen LogP contribution in [0.15, 0.2) is 56.2 Å². The second-order valence-corrected chi connectivity index (χ2v) is 7.00. The highest BCUT2D eigenvalue weighted by atomic mass is 16.5. The standard InChI is InChI=1S/C23H21N3O6/c1-13-15-9-10-17(29-2)21(30-3)20(15)31-23(28)16(13)11-18(27)24-12-19-25-22(26-32-19)14-7-5-4-6-8-14/h4-10H,11-12H2,1-3H3,(H,24,27). The minimum Gasteiger partial charge on any atom is -0.493 e. The molecule has 1 N–H and O–H groups in total. The molecule has 4 rings (SSSR count). The highest BCUT2D eigenvalue weighted by Crippen LogP contribution is 2.36. The van der Waals surface area contributed by atoms with E-state index in [0.717, 1.165) is 5.56 Å². The van der Waals surface area contributed by atoms with E-state index in [0.29, 0.717) is 28.3 Å². The number of aryl methyl sites for hydroxylation is 1. The lowest BCUT2D eigenvalue weighted by molar-refractivity contribution is -0.120. The largest absolute Gasteiger partial charge is 0.493 e. The Labute approximate surface area is 183 Å². The van der Waals surface area contributed by atoms with Gasteiger partial charge in [0.1, 0.15) is 0 Å². The van der Waals surface area contributed by atoms with E-state index in [4.69, 9.17) is 18.4 Å². The van der Waals surface area contributed by atoms with E-state index in [1.807, 2.05) is 30.3 Å². The minimum absolute atomic E-state index is 0.0433. The Morgan fingerprint density at radius 3 is 2.59 bits per heavy atom. The van der Waals surface area contributed by atoms with Gasteiger partial charge in [0, 0.05) is 10.9 Å². The number of carbonyl (C=O) groups is 1. The number of nitrogens with one attached hydrogen (secondary N) is 1. The summed E-state index contributed by atoms with van der Waals surface area (Å²) in [6.07, 6.45) is -0.155. The van der Waals surface area contributed by atoms with Crippen molar-refractivity contribution < 1.29 is 23.2 Å². The van der Waals surface area contributed by atoms with Gasteiger partial charge >= 0.3 is 5.63 Å². The van der Waals surface area contributed by atoms with Gasteiger partial charge in [0.15, 0.2) is 11.3 Å². The molecule has 2 aromatic heterocycles. The number of aromatic nitrogens is 2. The van der Waals surface area contributed by atoms with E-state index < -0.39 is 5.63 Å². The fourth-order valence-corrected chi connectivity index (χ4v) is 3.40. The van der Waals surface area contributed by atoms with E-state index in [9.17, 15) is 9.59 Å². The maximum Gasteiger partial charge on any atom is 0.340 e. The molecular weight excluding hydrogens is 414 g/mol. The third-order valence-corrected chi connectivity index (χ3v) is 5.07. The van der Waals surface area contributed by atoms with Crippen LogP contribution in [0.4, 0.5) is 0 Å². The Bertz CT molecular complexity index is 1330. The van der Waals surface area contributed by atoms with Crippen LogP contribution in [-0.2, 0) is 17.8 Å². The monoisotopic (exact) mass is 435 g/mol. The SMILES string of the molecule is COc1ccc2c(C)c(CC(=O)NCc3nc(-c4ccccc4)no3)c(=O)oc2c1OC. The van der Waals surface area contributed by atoms with Gasteiger partial charge in [-0.1, -0.05) is 35.5 Å². The quantitative estimate of drug-likeness (QED) is 0.440. The van der Waals surface area contributed by atoms with Crippen molar-refractivity contribution in [1.82, 2.24) is 15.5 Å². The van der Waals surface area contributed by atoms with Crippen LogP contribution in [0.5, 0.6) is 11.5 Å². The molecule has 9 heteroatoms. The Kier molecular flexibility index (Phi) is 5.89. The molecule has 2 heterocycles. The fourth-order valence-electron chi connectivity index (χ4n) is 3.40. The lowest BCUT2D eigenvalue weighted by Crippen LogP contribution is -2.27. The Morgan fingerprint density at radius 2 is 1.88 bits per heavy atom. The second-order valence-electron chi connectivity index (χ2n) is 7.00. The van der Waals surface area contributed by atoms with Crippen LogP contribution in [0.1, 0.15) is 17.0 Å². The molecule has 0 bridgehead atoms. The number of hydrogen-bond acceptors (Lipinski definition) is 8. The first-order chi connectivity index (χ1) is 15.5. The molecule has 0 saturated heterocycles. The third-order valence-electron chi connectivity index (χ3n) is 5.07. The Balaban J connectivity index is 1.50. The van der Waals surface area contributed by atoms with Crippen LogP contribution in [0.2, 0.25) is 0 Å². The topological polar surface area (TPSA) is 117 Å². The number of nitrogens with zero attached hydrogens (tertiary/aromatic N) is 2. The Hall–Kier alpha value is -4.14. The van der Waals surface area contributed by atoms with Crippen LogP contribution >= 0.6 is 0 Å². The zero-order valence-corrected chi connectivity index (χ0v) is 17.8. The third kappa shape index (κ3) is 4.04. The van der Waals surface area contributed by atoms with E-state index in [1.165, 1.54) is 14.2 Å². The van der Waals surface area contributed by atoms with Crippen molar-refractivity contribution in [2.24, 2.45) is 0 Å². The van der Waals surface area contributed by atoms with Crippen molar-refractivity contribution >= 4 is 16.9 Å². The van der Waals surface area contributed by atoms with Gasteiger partial charge in [0.2, 0.25) is 23.4 Å². The van der Waals surface area contributed by atoms with Crippen molar-refractivity contribution in [2.75, 3.05) is 14.2 Å². The van der Waals surface area contributed by atoms with E-state index >= 15 is 0 Å². The van der Waals surface area contributed by atoms with Crippen molar-refractivity contribution in [1.29, 1.82) is 0 Å². The number of rotatable bonds is 7. The number of fused-ring (bicyclic) bond motifs is 1. The van der Waals surface area contributed by atoms with Gasteiger partial charge in [-0.15, -0.1) is 0 Å². The normalized spacial score (nSPS) is 10.8. The molecule has 9 nitrogen and oxygen atoms in total. The predicted molar refractivity (Wildman–Crippen MR) is 116 cm³/mol. The zero-order valence-electron chi connectivity index (χ0n) is 17.8. The predicted octanol–water partition coefficient (Wildman–Crippen LogP) is 3.03. The zero-order chi connectivity index (χ0) is 22.7. The molecule has 0 radical (unpaired) electrons. The molecule has 0 aliphatic rings. The Morgan fingerprint density at radius 1 is 1.09 bits per heavy atom. The molecule has 32 heavy (non-hydrogen) atoms. The molecular formula is C23H21N3O6. The smallest absolute Gasteiger partial charge is 0.340 e. The molecule has 4 aromatic rings. The molecule has 0 atom stereocenters. The van der Waals surface area contributed by atoms with Gasteiger partial charge in [0.25, 0.3) is 0 Å². The highest BCUT2D eigenvalue weighted by Gasteiger charge is 2.20. The molecule has 0 saturated carbocycles. The van der Waals surface area contributed by atoms with Gasteiger partial charge in [-0.05, 0) is 24.6 Å². The molecule has 0 spiro atoms. The van der Waals surface area contributed by atoms with Crippen molar-refractivity contribution in [3.8, 4) is 22.9 Å². The molecule has 0 aliphatic carbocycles. The highest BCUT2D eigenvalue weighted by molar-refractivity contribution is 5.89. The lowest BCUT2D eigenvalue weighted by atomic mass is 10.0. The van der Waals surface area contributed by atoms with Crippen LogP contribution in [0.3, 0.4) is 0 Å². The van der Waals surface area contributed by atoms with Gasteiger partial charge in [-0.25, -0.2) is 4.79 Å². The first-order valence-corrected chi connectivity index (χ1v) is 9.83. The molecule has 0 unspecified atom stereocenters. The van der Waals surface area contributed by atoms with Crippen LogP contribution in [-0.4, -0.2) is 30.3 Å². The molecule has 164 valence electrons. The van der Waals surface area contributed by atoms with Gasteiger partial charge < -0.3 is 23.7 Å².